The Hall–Kier alpha value is -2.33. The normalized spacial score (nSPS) is 15.1. The third-order valence-electron chi connectivity index (χ3n) is 7.33. The molecule has 0 spiro atoms. The van der Waals surface area contributed by atoms with Gasteiger partial charge in [-0.3, -0.25) is 9.59 Å². The Morgan fingerprint density at radius 2 is 1.68 bits per heavy atom. The fourth-order valence-corrected chi connectivity index (χ4v) is 6.42. The van der Waals surface area contributed by atoms with Crippen LogP contribution in [0.25, 0.3) is 0 Å². The van der Waals surface area contributed by atoms with Crippen molar-refractivity contribution in [2.45, 2.75) is 77.9 Å². The van der Waals surface area contributed by atoms with E-state index < -0.39 is 28.7 Å². The first kappa shape index (κ1) is 32.2. The van der Waals surface area contributed by atoms with Crippen molar-refractivity contribution < 1.29 is 18.0 Å². The zero-order valence-electron chi connectivity index (χ0n) is 23.9. The maximum atomic E-state index is 14.1. The summed E-state index contributed by atoms with van der Waals surface area (Å²) < 4.78 is 29.2. The van der Waals surface area contributed by atoms with Gasteiger partial charge >= 0.3 is 10.2 Å². The number of carbonyl (C=O) groups excluding carboxylic acids is 2. The summed E-state index contributed by atoms with van der Waals surface area (Å²) in [6, 6.07) is 9.79. The van der Waals surface area contributed by atoms with E-state index in [1.54, 1.807) is 31.2 Å². The summed E-state index contributed by atoms with van der Waals surface area (Å²) in [5, 5.41) is 3.85. The van der Waals surface area contributed by atoms with Crippen molar-refractivity contribution in [3.05, 3.63) is 63.1 Å². The molecule has 1 aliphatic rings. The second-order valence-corrected chi connectivity index (χ2v) is 13.5. The second kappa shape index (κ2) is 14.0. The first-order valence-corrected chi connectivity index (χ1v) is 15.8. The molecule has 220 valence electrons. The average Bonchev–Trinajstić information content (AvgIpc) is 2.91. The highest BCUT2D eigenvalue weighted by molar-refractivity contribution is 7.90. The number of halogens is 2. The number of anilines is 1. The van der Waals surface area contributed by atoms with Crippen LogP contribution in [0.4, 0.5) is 5.69 Å². The Morgan fingerprint density at radius 1 is 1.00 bits per heavy atom. The Labute approximate surface area is 248 Å². The molecule has 2 aromatic carbocycles. The van der Waals surface area contributed by atoms with E-state index in [1.165, 1.54) is 19.0 Å². The molecule has 0 unspecified atom stereocenters. The Kier molecular flexibility index (Phi) is 11.3. The van der Waals surface area contributed by atoms with Crippen molar-refractivity contribution in [3.63, 3.8) is 0 Å². The van der Waals surface area contributed by atoms with Crippen LogP contribution in [0, 0.1) is 13.8 Å². The highest BCUT2D eigenvalue weighted by Crippen LogP contribution is 2.28. The fourth-order valence-electron chi connectivity index (χ4n) is 4.99. The first-order valence-electron chi connectivity index (χ1n) is 13.7. The van der Waals surface area contributed by atoms with Gasteiger partial charge in [0.05, 0.1) is 15.7 Å². The first-order chi connectivity index (χ1) is 18.8. The van der Waals surface area contributed by atoms with E-state index >= 15 is 0 Å². The van der Waals surface area contributed by atoms with Gasteiger partial charge in [-0.15, -0.1) is 0 Å². The molecule has 0 aliphatic heterocycles. The van der Waals surface area contributed by atoms with Gasteiger partial charge < -0.3 is 10.2 Å². The largest absolute Gasteiger partial charge is 0.352 e. The molecular weight excluding hydrogens is 571 g/mol. The number of aryl methyl sites for hydroxylation is 2. The SMILES string of the molecule is CC[C@H](C(=O)NC1CCCCC1)N(Cc1ccc(Cl)c(Cl)c1)C(=O)CN(c1cc(C)ccc1C)S(=O)(=O)N(C)C. The van der Waals surface area contributed by atoms with Gasteiger partial charge in [0.15, 0.2) is 0 Å². The molecule has 1 saturated carbocycles. The summed E-state index contributed by atoms with van der Waals surface area (Å²) in [7, 11) is -1.18. The van der Waals surface area contributed by atoms with Crippen LogP contribution < -0.4 is 9.62 Å². The molecule has 1 N–H and O–H groups in total. The number of hydrogen-bond acceptors (Lipinski definition) is 4. The lowest BCUT2D eigenvalue weighted by atomic mass is 9.95. The lowest BCUT2D eigenvalue weighted by Gasteiger charge is -2.35. The summed E-state index contributed by atoms with van der Waals surface area (Å²) in [6.45, 7) is 5.11. The van der Waals surface area contributed by atoms with Crippen LogP contribution in [0.3, 0.4) is 0 Å². The monoisotopic (exact) mass is 610 g/mol. The number of hydrogen-bond donors (Lipinski definition) is 1. The molecular formula is C29H40Cl2N4O4S. The van der Waals surface area contributed by atoms with Gasteiger partial charge in [0.2, 0.25) is 11.8 Å². The topological polar surface area (TPSA) is 90.0 Å². The van der Waals surface area contributed by atoms with Gasteiger partial charge in [0.1, 0.15) is 12.6 Å². The number of nitrogens with one attached hydrogen (secondary N) is 1. The van der Waals surface area contributed by atoms with E-state index in [2.05, 4.69) is 5.32 Å². The Balaban J connectivity index is 2.01. The number of rotatable bonds is 11. The van der Waals surface area contributed by atoms with Crippen LogP contribution in [0.1, 0.15) is 62.1 Å². The van der Waals surface area contributed by atoms with Crippen molar-refractivity contribution in [2.75, 3.05) is 24.9 Å². The smallest absolute Gasteiger partial charge is 0.304 e. The number of nitrogens with zero attached hydrogens (tertiary/aromatic N) is 3. The lowest BCUT2D eigenvalue weighted by Crippen LogP contribution is -2.54. The highest BCUT2D eigenvalue weighted by atomic mass is 35.5. The van der Waals surface area contributed by atoms with E-state index in [0.717, 1.165) is 46.3 Å². The molecule has 0 aromatic heterocycles. The molecule has 1 atom stereocenters. The number of carbonyl (C=O) groups is 2. The molecule has 2 aromatic rings. The Bertz CT molecular complexity index is 1310. The van der Waals surface area contributed by atoms with E-state index in [9.17, 15) is 18.0 Å². The standard InChI is InChI=1S/C29H40Cl2N4O4S/c1-6-26(29(37)32-23-10-8-7-9-11-23)34(18-22-14-15-24(30)25(31)17-22)28(36)19-35(40(38,39)33(4)5)27-16-20(2)12-13-21(27)3/h12-17,23,26H,6-11,18-19H2,1-5H3,(H,32,37)/t26-/m1/s1. The van der Waals surface area contributed by atoms with Gasteiger partial charge in [-0.05, 0) is 68.0 Å². The van der Waals surface area contributed by atoms with Crippen LogP contribution in [0.2, 0.25) is 10.0 Å². The van der Waals surface area contributed by atoms with Crippen molar-refractivity contribution >= 4 is 50.9 Å². The van der Waals surface area contributed by atoms with E-state index in [-0.39, 0.29) is 18.5 Å². The predicted octanol–water partition coefficient (Wildman–Crippen LogP) is 5.48. The molecule has 3 rings (SSSR count). The van der Waals surface area contributed by atoms with E-state index in [4.69, 9.17) is 23.2 Å². The fraction of sp³-hybridized carbons (Fsp3) is 0.517. The van der Waals surface area contributed by atoms with Crippen molar-refractivity contribution in [2.24, 2.45) is 0 Å². The van der Waals surface area contributed by atoms with Gasteiger partial charge in [-0.2, -0.15) is 12.7 Å². The molecule has 0 radical (unpaired) electrons. The summed E-state index contributed by atoms with van der Waals surface area (Å²) in [5.41, 5.74) is 2.66. The van der Waals surface area contributed by atoms with Crippen LogP contribution in [-0.4, -0.2) is 62.2 Å². The molecule has 40 heavy (non-hydrogen) atoms. The number of benzene rings is 2. The summed E-state index contributed by atoms with van der Waals surface area (Å²) >= 11 is 12.4. The molecule has 1 aliphatic carbocycles. The van der Waals surface area contributed by atoms with Crippen molar-refractivity contribution in [1.82, 2.24) is 14.5 Å². The van der Waals surface area contributed by atoms with E-state index in [0.29, 0.717) is 33.3 Å². The quantitative estimate of drug-likeness (QED) is 0.365. The molecule has 0 bridgehead atoms. The molecule has 1 fully saturated rings. The minimum absolute atomic E-state index is 0.0645. The van der Waals surface area contributed by atoms with Crippen LogP contribution in [0.15, 0.2) is 36.4 Å². The molecule has 0 saturated heterocycles. The van der Waals surface area contributed by atoms with Crippen molar-refractivity contribution in [1.29, 1.82) is 0 Å². The van der Waals surface area contributed by atoms with Crippen LogP contribution in [0.5, 0.6) is 0 Å². The average molecular weight is 612 g/mol. The Morgan fingerprint density at radius 3 is 2.27 bits per heavy atom. The lowest BCUT2D eigenvalue weighted by molar-refractivity contribution is -0.140. The minimum Gasteiger partial charge on any atom is -0.352 e. The zero-order valence-corrected chi connectivity index (χ0v) is 26.2. The maximum Gasteiger partial charge on any atom is 0.304 e. The molecule has 2 amide bonds. The zero-order chi connectivity index (χ0) is 29.6. The molecule has 0 heterocycles. The second-order valence-electron chi connectivity index (χ2n) is 10.6. The van der Waals surface area contributed by atoms with Crippen molar-refractivity contribution in [3.8, 4) is 0 Å². The summed E-state index contributed by atoms with van der Waals surface area (Å²) in [6.07, 6.45) is 5.44. The third-order valence-corrected chi connectivity index (χ3v) is 9.87. The van der Waals surface area contributed by atoms with Crippen LogP contribution >= 0.6 is 23.2 Å². The predicted molar refractivity (Wildman–Crippen MR) is 162 cm³/mol. The van der Waals surface area contributed by atoms with Gasteiger partial charge in [-0.25, -0.2) is 4.31 Å². The molecule has 11 heteroatoms. The van der Waals surface area contributed by atoms with Crippen LogP contribution in [-0.2, 0) is 26.3 Å². The summed E-state index contributed by atoms with van der Waals surface area (Å²) in [5.74, 6) is -0.736. The van der Waals surface area contributed by atoms with Gasteiger partial charge in [0.25, 0.3) is 0 Å². The third kappa shape index (κ3) is 7.90. The number of amides is 2. The van der Waals surface area contributed by atoms with E-state index in [1.807, 2.05) is 26.0 Å². The summed E-state index contributed by atoms with van der Waals surface area (Å²) in [4.78, 5) is 29.1. The minimum atomic E-state index is -4.04. The maximum absolute atomic E-state index is 14.1. The highest BCUT2D eigenvalue weighted by Gasteiger charge is 2.35. The van der Waals surface area contributed by atoms with Gasteiger partial charge in [-0.1, -0.05) is 67.6 Å². The van der Waals surface area contributed by atoms with Gasteiger partial charge in [0, 0.05) is 26.7 Å². The molecule has 8 nitrogen and oxygen atoms in total.